The lowest BCUT2D eigenvalue weighted by Crippen LogP contribution is -2.25. The zero-order valence-electron chi connectivity index (χ0n) is 11.0. The molecule has 0 heterocycles. The van der Waals surface area contributed by atoms with E-state index in [4.69, 9.17) is 5.11 Å². The van der Waals surface area contributed by atoms with Crippen LogP contribution in [0.5, 0.6) is 0 Å². The van der Waals surface area contributed by atoms with E-state index in [1.165, 1.54) is 0 Å². The molecule has 0 aliphatic carbocycles. The van der Waals surface area contributed by atoms with E-state index in [0.717, 1.165) is 38.6 Å². The lowest BCUT2D eigenvalue weighted by molar-refractivity contribution is -0.137. The van der Waals surface area contributed by atoms with Crippen LogP contribution >= 0.6 is 0 Å². The average molecular weight is 243 g/mol. The van der Waals surface area contributed by atoms with E-state index in [2.05, 4.69) is 5.32 Å². The Labute approximate surface area is 104 Å². The van der Waals surface area contributed by atoms with Gasteiger partial charge >= 0.3 is 5.97 Å². The Morgan fingerprint density at radius 2 is 1.65 bits per heavy atom. The third kappa shape index (κ3) is 12.9. The number of carbonyl (C=O) groups is 2. The minimum absolute atomic E-state index is 0.130. The van der Waals surface area contributed by atoms with Gasteiger partial charge in [-0.25, -0.2) is 0 Å². The summed E-state index contributed by atoms with van der Waals surface area (Å²) in [6.45, 7) is 4.80. The van der Waals surface area contributed by atoms with Crippen LogP contribution in [0.4, 0.5) is 0 Å². The first-order valence-electron chi connectivity index (χ1n) is 6.51. The first-order valence-corrected chi connectivity index (χ1v) is 6.51. The van der Waals surface area contributed by atoms with Crippen molar-refractivity contribution in [2.75, 3.05) is 6.54 Å². The largest absolute Gasteiger partial charge is 0.481 e. The number of carboxylic acid groups (broad SMARTS) is 1. The fraction of sp³-hybridized carbons (Fsp3) is 0.846. The van der Waals surface area contributed by atoms with Crippen LogP contribution in [-0.2, 0) is 9.59 Å². The lowest BCUT2D eigenvalue weighted by Gasteiger charge is -2.06. The number of unbranched alkanes of at least 4 members (excludes halogenated alkanes) is 4. The van der Waals surface area contributed by atoms with Crippen molar-refractivity contribution in [1.82, 2.24) is 5.32 Å². The third-order valence-corrected chi connectivity index (χ3v) is 2.48. The van der Waals surface area contributed by atoms with E-state index in [-0.39, 0.29) is 12.3 Å². The Balaban J connectivity index is 3.18. The van der Waals surface area contributed by atoms with Crippen LogP contribution in [0.3, 0.4) is 0 Å². The molecule has 4 heteroatoms. The SMILES string of the molecule is CC(C)CC(=O)NCCCCCCCC(=O)O. The van der Waals surface area contributed by atoms with Crippen LogP contribution in [0, 0.1) is 5.92 Å². The summed E-state index contributed by atoms with van der Waals surface area (Å²) in [4.78, 5) is 21.5. The smallest absolute Gasteiger partial charge is 0.303 e. The number of carboxylic acids is 1. The van der Waals surface area contributed by atoms with Crippen LogP contribution in [0.2, 0.25) is 0 Å². The molecular formula is C13H25NO3. The van der Waals surface area contributed by atoms with E-state index in [0.29, 0.717) is 12.3 Å². The number of carbonyl (C=O) groups excluding carboxylic acids is 1. The quantitative estimate of drug-likeness (QED) is 0.579. The first-order chi connectivity index (χ1) is 8.02. The maximum atomic E-state index is 11.3. The van der Waals surface area contributed by atoms with E-state index in [1.807, 2.05) is 13.8 Å². The predicted molar refractivity (Wildman–Crippen MR) is 67.8 cm³/mol. The number of hydrogen-bond donors (Lipinski definition) is 2. The van der Waals surface area contributed by atoms with E-state index >= 15 is 0 Å². The molecular weight excluding hydrogens is 218 g/mol. The Bertz CT molecular complexity index is 227. The molecule has 0 unspecified atom stereocenters. The van der Waals surface area contributed by atoms with Crippen molar-refractivity contribution >= 4 is 11.9 Å². The van der Waals surface area contributed by atoms with Crippen LogP contribution in [0.15, 0.2) is 0 Å². The number of amides is 1. The molecule has 0 aromatic rings. The second-order valence-corrected chi connectivity index (χ2v) is 4.86. The minimum Gasteiger partial charge on any atom is -0.481 e. The Morgan fingerprint density at radius 3 is 2.24 bits per heavy atom. The molecule has 0 aromatic carbocycles. The van der Waals surface area contributed by atoms with Gasteiger partial charge in [0.25, 0.3) is 0 Å². The van der Waals surface area contributed by atoms with Gasteiger partial charge in [-0.3, -0.25) is 9.59 Å². The number of nitrogens with one attached hydrogen (secondary N) is 1. The standard InChI is InChI=1S/C13H25NO3/c1-11(2)10-12(15)14-9-7-5-3-4-6-8-13(16)17/h11H,3-10H2,1-2H3,(H,14,15)(H,16,17). The summed E-state index contributed by atoms with van der Waals surface area (Å²) in [6, 6.07) is 0. The topological polar surface area (TPSA) is 66.4 Å². The van der Waals surface area contributed by atoms with Crippen LogP contribution in [0.1, 0.15) is 58.8 Å². The second-order valence-electron chi connectivity index (χ2n) is 4.86. The van der Waals surface area contributed by atoms with Crippen LogP contribution in [0.25, 0.3) is 0 Å². The summed E-state index contributed by atoms with van der Waals surface area (Å²) in [5, 5.41) is 11.3. The van der Waals surface area contributed by atoms with Gasteiger partial charge in [0.05, 0.1) is 0 Å². The van der Waals surface area contributed by atoms with Crippen LogP contribution < -0.4 is 5.32 Å². The molecule has 2 N–H and O–H groups in total. The molecule has 0 rings (SSSR count). The molecule has 0 spiro atoms. The van der Waals surface area contributed by atoms with E-state index < -0.39 is 5.97 Å². The molecule has 1 amide bonds. The van der Waals surface area contributed by atoms with Crippen LogP contribution in [-0.4, -0.2) is 23.5 Å². The zero-order chi connectivity index (χ0) is 13.1. The molecule has 0 fully saturated rings. The Morgan fingerprint density at radius 1 is 1.06 bits per heavy atom. The minimum atomic E-state index is -0.717. The normalized spacial score (nSPS) is 10.5. The fourth-order valence-electron chi connectivity index (χ4n) is 1.60. The highest BCUT2D eigenvalue weighted by atomic mass is 16.4. The summed E-state index contributed by atoms with van der Waals surface area (Å²) in [7, 11) is 0. The van der Waals surface area contributed by atoms with Gasteiger partial charge in [-0.2, -0.15) is 0 Å². The van der Waals surface area contributed by atoms with Gasteiger partial charge < -0.3 is 10.4 Å². The highest BCUT2D eigenvalue weighted by Crippen LogP contribution is 2.05. The molecule has 0 aliphatic rings. The van der Waals surface area contributed by atoms with Crippen molar-refractivity contribution in [1.29, 1.82) is 0 Å². The fourth-order valence-corrected chi connectivity index (χ4v) is 1.60. The Hall–Kier alpha value is -1.06. The molecule has 0 saturated carbocycles. The summed E-state index contributed by atoms with van der Waals surface area (Å²) >= 11 is 0. The van der Waals surface area contributed by atoms with Crippen molar-refractivity contribution < 1.29 is 14.7 Å². The zero-order valence-corrected chi connectivity index (χ0v) is 11.0. The van der Waals surface area contributed by atoms with Gasteiger partial charge in [-0.1, -0.05) is 33.1 Å². The summed E-state index contributed by atoms with van der Waals surface area (Å²) in [6.07, 6.45) is 5.68. The van der Waals surface area contributed by atoms with Crippen molar-refractivity contribution in [3.63, 3.8) is 0 Å². The van der Waals surface area contributed by atoms with Gasteiger partial charge in [0.15, 0.2) is 0 Å². The molecule has 0 bridgehead atoms. The first kappa shape index (κ1) is 15.9. The summed E-state index contributed by atoms with van der Waals surface area (Å²) in [5.74, 6) is -0.178. The molecule has 4 nitrogen and oxygen atoms in total. The number of aliphatic carboxylic acids is 1. The number of hydrogen-bond acceptors (Lipinski definition) is 2. The maximum absolute atomic E-state index is 11.3. The molecule has 0 atom stereocenters. The van der Waals surface area contributed by atoms with Gasteiger partial charge in [0.1, 0.15) is 0 Å². The van der Waals surface area contributed by atoms with Crippen molar-refractivity contribution in [3.05, 3.63) is 0 Å². The number of rotatable bonds is 10. The van der Waals surface area contributed by atoms with Gasteiger partial charge in [0.2, 0.25) is 5.91 Å². The van der Waals surface area contributed by atoms with Gasteiger partial charge in [-0.15, -0.1) is 0 Å². The van der Waals surface area contributed by atoms with E-state index in [1.54, 1.807) is 0 Å². The lowest BCUT2D eigenvalue weighted by atomic mass is 10.1. The van der Waals surface area contributed by atoms with Crippen molar-refractivity contribution in [2.45, 2.75) is 58.8 Å². The maximum Gasteiger partial charge on any atom is 0.303 e. The Kier molecular flexibility index (Phi) is 9.49. The summed E-state index contributed by atoms with van der Waals surface area (Å²) < 4.78 is 0. The van der Waals surface area contributed by atoms with Crippen molar-refractivity contribution in [2.24, 2.45) is 5.92 Å². The predicted octanol–water partition coefficient (Wildman–Crippen LogP) is 2.57. The highest BCUT2D eigenvalue weighted by molar-refractivity contribution is 5.75. The molecule has 0 aromatic heterocycles. The van der Waals surface area contributed by atoms with Gasteiger partial charge in [0, 0.05) is 19.4 Å². The molecule has 17 heavy (non-hydrogen) atoms. The van der Waals surface area contributed by atoms with E-state index in [9.17, 15) is 9.59 Å². The van der Waals surface area contributed by atoms with Gasteiger partial charge in [-0.05, 0) is 18.8 Å². The molecule has 0 saturated heterocycles. The average Bonchev–Trinajstić information content (AvgIpc) is 2.20. The van der Waals surface area contributed by atoms with Crippen molar-refractivity contribution in [3.8, 4) is 0 Å². The third-order valence-electron chi connectivity index (χ3n) is 2.48. The summed E-state index contributed by atoms with van der Waals surface area (Å²) in [5.41, 5.74) is 0. The second kappa shape index (κ2) is 10.1. The molecule has 0 radical (unpaired) electrons. The molecule has 0 aliphatic heterocycles. The molecule has 100 valence electrons. The monoisotopic (exact) mass is 243 g/mol. The highest BCUT2D eigenvalue weighted by Gasteiger charge is 2.03.